The van der Waals surface area contributed by atoms with Crippen molar-refractivity contribution >= 4 is 28.8 Å². The zero-order valence-corrected chi connectivity index (χ0v) is 21.2. The summed E-state index contributed by atoms with van der Waals surface area (Å²) in [6.07, 6.45) is 0.779. The lowest BCUT2D eigenvalue weighted by molar-refractivity contribution is -0.136. The van der Waals surface area contributed by atoms with E-state index in [-0.39, 0.29) is 12.3 Å². The molecule has 2 aromatic carbocycles. The topological polar surface area (TPSA) is 71.4 Å². The minimum absolute atomic E-state index is 0.0136. The molecule has 8 heteroatoms. The van der Waals surface area contributed by atoms with Gasteiger partial charge in [0.1, 0.15) is 5.75 Å². The van der Waals surface area contributed by atoms with Gasteiger partial charge in [-0.3, -0.25) is 4.79 Å². The van der Waals surface area contributed by atoms with Gasteiger partial charge < -0.3 is 19.3 Å². The van der Waals surface area contributed by atoms with Gasteiger partial charge in [0.25, 0.3) is 0 Å². The first-order valence-electron chi connectivity index (χ1n) is 11.4. The van der Waals surface area contributed by atoms with Crippen LogP contribution in [0.5, 0.6) is 5.75 Å². The van der Waals surface area contributed by atoms with E-state index in [2.05, 4.69) is 0 Å². The van der Waals surface area contributed by atoms with Crippen LogP contribution in [-0.2, 0) is 20.9 Å². The van der Waals surface area contributed by atoms with Gasteiger partial charge in [0.05, 0.1) is 38.0 Å². The van der Waals surface area contributed by atoms with Crippen molar-refractivity contribution in [3.05, 3.63) is 88.1 Å². The summed E-state index contributed by atoms with van der Waals surface area (Å²) in [5.41, 5.74) is 3.94. The lowest BCUT2D eigenvalue weighted by Crippen LogP contribution is -2.38. The Morgan fingerprint density at radius 3 is 2.43 bits per heavy atom. The molecular formula is C27H29N3O4S. The normalized spacial score (nSPS) is 16.9. The third kappa shape index (κ3) is 5.12. The van der Waals surface area contributed by atoms with Gasteiger partial charge in [-0.15, -0.1) is 0 Å². The predicted molar refractivity (Wildman–Crippen MR) is 138 cm³/mol. The predicted octanol–water partition coefficient (Wildman–Crippen LogP) is 4.88. The molecule has 2 heterocycles. The fraction of sp³-hybridized carbons (Fsp3) is 0.296. The largest absolute Gasteiger partial charge is 0.497 e. The van der Waals surface area contributed by atoms with Crippen LogP contribution in [0, 0.1) is 0 Å². The average Bonchev–Trinajstić information content (AvgIpc) is 3.29. The van der Waals surface area contributed by atoms with Crippen LogP contribution in [0.15, 0.2) is 82.0 Å². The Bertz CT molecular complexity index is 1190. The molecule has 7 nitrogen and oxygen atoms in total. The third-order valence-electron chi connectivity index (χ3n) is 6.08. The van der Waals surface area contributed by atoms with E-state index in [4.69, 9.17) is 14.5 Å². The van der Waals surface area contributed by atoms with Crippen molar-refractivity contribution in [2.24, 2.45) is 4.99 Å². The summed E-state index contributed by atoms with van der Waals surface area (Å²) >= 11 is 1.47. The van der Waals surface area contributed by atoms with Crippen LogP contribution in [0.3, 0.4) is 0 Å². The van der Waals surface area contributed by atoms with Crippen LogP contribution in [0.25, 0.3) is 0 Å². The number of benzene rings is 2. The Morgan fingerprint density at radius 2 is 1.80 bits per heavy atom. The Morgan fingerprint density at radius 1 is 1.09 bits per heavy atom. The number of carbonyl (C=O) groups is 2. The first kappa shape index (κ1) is 24.6. The molecule has 35 heavy (non-hydrogen) atoms. The molecule has 2 aliphatic heterocycles. The number of hydrogen-bond donors (Lipinski definition) is 0. The van der Waals surface area contributed by atoms with Crippen LogP contribution in [0.1, 0.15) is 36.9 Å². The maximum absolute atomic E-state index is 13.2. The summed E-state index contributed by atoms with van der Waals surface area (Å²) < 4.78 is 10.5. The molecule has 1 atom stereocenters. The number of methoxy groups -OCH3 is 2. The molecule has 0 radical (unpaired) electrons. The molecule has 0 saturated carbocycles. The summed E-state index contributed by atoms with van der Waals surface area (Å²) in [5.74, 6) is 0.289. The lowest BCUT2D eigenvalue weighted by atomic mass is 9.92. The average molecular weight is 492 g/mol. The molecular weight excluding hydrogens is 462 g/mol. The number of esters is 1. The number of fused-ring (bicyclic) bond motifs is 1. The molecule has 1 unspecified atom stereocenters. The zero-order valence-electron chi connectivity index (χ0n) is 20.4. The molecule has 0 aromatic heterocycles. The molecule has 0 N–H and O–H groups in total. The fourth-order valence-electron chi connectivity index (χ4n) is 4.25. The van der Waals surface area contributed by atoms with E-state index in [0.717, 1.165) is 27.7 Å². The van der Waals surface area contributed by atoms with Crippen molar-refractivity contribution in [3.8, 4) is 5.75 Å². The van der Waals surface area contributed by atoms with Crippen molar-refractivity contribution in [2.75, 3.05) is 21.3 Å². The van der Waals surface area contributed by atoms with E-state index in [9.17, 15) is 9.59 Å². The van der Waals surface area contributed by atoms with Crippen LogP contribution in [0.4, 0.5) is 0 Å². The highest BCUT2D eigenvalue weighted by Gasteiger charge is 2.41. The van der Waals surface area contributed by atoms with Gasteiger partial charge in [0.2, 0.25) is 5.91 Å². The van der Waals surface area contributed by atoms with Gasteiger partial charge >= 0.3 is 5.97 Å². The summed E-state index contributed by atoms with van der Waals surface area (Å²) in [7, 11) is 4.80. The van der Waals surface area contributed by atoms with E-state index >= 15 is 0 Å². The molecule has 0 fully saturated rings. The van der Waals surface area contributed by atoms with Gasteiger partial charge in [-0.25, -0.2) is 9.79 Å². The lowest BCUT2D eigenvalue weighted by Gasteiger charge is -2.36. The second-order valence-electron chi connectivity index (χ2n) is 8.28. The highest BCUT2D eigenvalue weighted by molar-refractivity contribution is 8.16. The van der Waals surface area contributed by atoms with Crippen molar-refractivity contribution in [1.82, 2.24) is 9.80 Å². The second kappa shape index (κ2) is 10.8. The van der Waals surface area contributed by atoms with Crippen molar-refractivity contribution in [1.29, 1.82) is 0 Å². The van der Waals surface area contributed by atoms with Gasteiger partial charge in [0.15, 0.2) is 5.17 Å². The molecule has 0 spiro atoms. The number of hydrogen-bond acceptors (Lipinski definition) is 7. The van der Waals surface area contributed by atoms with Crippen molar-refractivity contribution in [2.45, 2.75) is 32.4 Å². The maximum Gasteiger partial charge on any atom is 0.338 e. The quantitative estimate of drug-likeness (QED) is 0.490. The van der Waals surface area contributed by atoms with E-state index in [1.807, 2.05) is 71.8 Å². The highest BCUT2D eigenvalue weighted by Crippen LogP contribution is 2.45. The number of carbonyl (C=O) groups excluding carboxylic acids is 2. The van der Waals surface area contributed by atoms with Crippen LogP contribution in [-0.4, -0.2) is 48.1 Å². The number of nitrogens with zero attached hydrogens (tertiary/aromatic N) is 3. The third-order valence-corrected chi connectivity index (χ3v) is 6.97. The van der Waals surface area contributed by atoms with E-state index in [1.165, 1.54) is 18.9 Å². The smallest absolute Gasteiger partial charge is 0.338 e. The minimum Gasteiger partial charge on any atom is -0.497 e. The molecule has 2 aliphatic rings. The van der Waals surface area contributed by atoms with E-state index < -0.39 is 12.0 Å². The van der Waals surface area contributed by atoms with Gasteiger partial charge in [-0.05, 0) is 35.1 Å². The molecule has 0 aliphatic carbocycles. The highest BCUT2D eigenvalue weighted by atomic mass is 32.2. The Balaban J connectivity index is 1.66. The molecule has 0 saturated heterocycles. The Labute approximate surface area is 210 Å². The number of ether oxygens (including phenoxy) is 2. The first-order valence-corrected chi connectivity index (χ1v) is 12.3. The number of allylic oxidation sites excluding steroid dienone is 1. The summed E-state index contributed by atoms with van der Waals surface area (Å²) in [6.45, 7) is 2.50. The molecule has 182 valence electrons. The van der Waals surface area contributed by atoms with Crippen LogP contribution < -0.4 is 4.74 Å². The number of amides is 1. The van der Waals surface area contributed by atoms with Crippen molar-refractivity contribution < 1.29 is 19.1 Å². The fourth-order valence-corrected chi connectivity index (χ4v) is 5.19. The second-order valence-corrected chi connectivity index (χ2v) is 9.12. The molecule has 4 rings (SSSR count). The zero-order chi connectivity index (χ0) is 24.9. The summed E-state index contributed by atoms with van der Waals surface area (Å²) in [5, 5.41) is 2.71. The van der Waals surface area contributed by atoms with Crippen molar-refractivity contribution in [3.63, 3.8) is 0 Å². The molecule has 1 amide bonds. The Kier molecular flexibility index (Phi) is 7.60. The van der Waals surface area contributed by atoms with E-state index in [1.54, 1.807) is 19.1 Å². The SMILES string of the molecule is CCC1=C(C(=O)OC)C(c2ccc(OC)cc2)N2C(CC(=O)N(C)Cc3ccccc3)=CSC2=N1. The summed E-state index contributed by atoms with van der Waals surface area (Å²) in [6, 6.07) is 17.0. The monoisotopic (exact) mass is 491 g/mol. The van der Waals surface area contributed by atoms with Gasteiger partial charge in [-0.2, -0.15) is 0 Å². The molecule has 0 bridgehead atoms. The Hall–Kier alpha value is -3.52. The minimum atomic E-state index is -0.454. The standard InChI is InChI=1S/C27H29N3O4S/c1-5-22-24(26(32)34-4)25(19-11-13-21(33-3)14-12-19)30-20(17-35-27(30)28-22)15-23(31)29(2)16-18-9-7-6-8-10-18/h6-14,17,25H,5,15-16H2,1-4H3. The maximum atomic E-state index is 13.2. The number of aliphatic imine (C=N–C) groups is 1. The van der Waals surface area contributed by atoms with Crippen LogP contribution >= 0.6 is 11.8 Å². The first-order chi connectivity index (χ1) is 17.0. The number of amidine groups is 1. The van der Waals surface area contributed by atoms with Gasteiger partial charge in [-0.1, -0.05) is 61.2 Å². The number of rotatable bonds is 8. The van der Waals surface area contributed by atoms with Crippen LogP contribution in [0.2, 0.25) is 0 Å². The number of thioether (sulfide) groups is 1. The summed E-state index contributed by atoms with van der Waals surface area (Å²) in [4.78, 5) is 34.6. The van der Waals surface area contributed by atoms with Gasteiger partial charge in [0, 0.05) is 19.3 Å². The van der Waals surface area contributed by atoms with E-state index in [0.29, 0.717) is 24.2 Å². The molecule has 2 aromatic rings.